The Bertz CT molecular complexity index is 338. The van der Waals surface area contributed by atoms with Crippen molar-refractivity contribution in [3.05, 3.63) is 12.7 Å². The third-order valence-electron chi connectivity index (χ3n) is 5.04. The van der Waals surface area contributed by atoms with Gasteiger partial charge >= 0.3 is 7.12 Å². The average molecular weight is 280 g/mol. The van der Waals surface area contributed by atoms with Crippen LogP contribution in [-0.2, 0) is 14.0 Å². The van der Waals surface area contributed by atoms with Gasteiger partial charge in [-0.15, -0.1) is 6.58 Å². The SMILES string of the molecule is C=CC[C@@H](B1OC(C)(C)C(C)(C)O1)[C@@H]1CCCC(C)O1. The normalized spacial score (nSPS) is 34.0. The van der Waals surface area contributed by atoms with E-state index in [1.165, 1.54) is 6.42 Å². The van der Waals surface area contributed by atoms with E-state index in [0.717, 1.165) is 19.3 Å². The van der Waals surface area contributed by atoms with Gasteiger partial charge in [0.25, 0.3) is 0 Å². The Balaban J connectivity index is 2.11. The van der Waals surface area contributed by atoms with Crippen molar-refractivity contribution in [2.75, 3.05) is 0 Å². The second-order valence-electron chi connectivity index (χ2n) is 7.23. The van der Waals surface area contributed by atoms with Crippen molar-refractivity contribution in [3.63, 3.8) is 0 Å². The molecule has 0 aromatic rings. The summed E-state index contributed by atoms with van der Waals surface area (Å²) in [6, 6.07) is 0. The predicted molar refractivity (Wildman–Crippen MR) is 82.8 cm³/mol. The van der Waals surface area contributed by atoms with Crippen molar-refractivity contribution in [2.24, 2.45) is 0 Å². The average Bonchev–Trinajstić information content (AvgIpc) is 2.55. The van der Waals surface area contributed by atoms with Crippen LogP contribution in [0.2, 0.25) is 5.82 Å². The third-order valence-corrected chi connectivity index (χ3v) is 5.04. The van der Waals surface area contributed by atoms with E-state index in [2.05, 4.69) is 41.2 Å². The zero-order valence-electron chi connectivity index (χ0n) is 13.6. The van der Waals surface area contributed by atoms with Crippen molar-refractivity contribution in [2.45, 2.75) is 89.5 Å². The van der Waals surface area contributed by atoms with Crippen LogP contribution < -0.4 is 0 Å². The maximum Gasteiger partial charge on any atom is 0.464 e. The molecule has 2 saturated heterocycles. The fourth-order valence-electron chi connectivity index (χ4n) is 3.05. The summed E-state index contributed by atoms with van der Waals surface area (Å²) >= 11 is 0. The van der Waals surface area contributed by atoms with Gasteiger partial charge in [0.05, 0.1) is 23.4 Å². The molecule has 2 rings (SSSR count). The number of allylic oxidation sites excluding steroid dienone is 1. The van der Waals surface area contributed by atoms with E-state index >= 15 is 0 Å². The van der Waals surface area contributed by atoms with Crippen molar-refractivity contribution < 1.29 is 14.0 Å². The third kappa shape index (κ3) is 3.13. The molecule has 0 amide bonds. The van der Waals surface area contributed by atoms with Crippen LogP contribution in [0.15, 0.2) is 12.7 Å². The summed E-state index contributed by atoms with van der Waals surface area (Å²) in [5.41, 5.74) is -0.561. The van der Waals surface area contributed by atoms with Gasteiger partial charge in [0.15, 0.2) is 0 Å². The lowest BCUT2D eigenvalue weighted by Crippen LogP contribution is -2.41. The van der Waals surface area contributed by atoms with Crippen molar-refractivity contribution in [1.29, 1.82) is 0 Å². The van der Waals surface area contributed by atoms with Crippen LogP contribution in [0.4, 0.5) is 0 Å². The predicted octanol–water partition coefficient (Wildman–Crippen LogP) is 3.98. The topological polar surface area (TPSA) is 27.7 Å². The maximum absolute atomic E-state index is 6.22. The first kappa shape index (κ1) is 16.1. The Morgan fingerprint density at radius 3 is 2.30 bits per heavy atom. The van der Waals surface area contributed by atoms with Gasteiger partial charge in [-0.05, 0) is 60.3 Å². The van der Waals surface area contributed by atoms with E-state index in [-0.39, 0.29) is 30.2 Å². The van der Waals surface area contributed by atoms with Crippen LogP contribution in [0.5, 0.6) is 0 Å². The van der Waals surface area contributed by atoms with Gasteiger partial charge in [0, 0.05) is 5.82 Å². The quantitative estimate of drug-likeness (QED) is 0.576. The number of rotatable bonds is 4. The molecule has 2 heterocycles. The summed E-state index contributed by atoms with van der Waals surface area (Å²) in [5, 5.41) is 0. The highest BCUT2D eigenvalue weighted by molar-refractivity contribution is 6.47. The number of hydrogen-bond donors (Lipinski definition) is 0. The molecule has 2 aliphatic rings. The molecule has 0 saturated carbocycles. The minimum Gasteiger partial charge on any atom is -0.403 e. The van der Waals surface area contributed by atoms with Crippen molar-refractivity contribution >= 4 is 7.12 Å². The molecule has 0 spiro atoms. The van der Waals surface area contributed by atoms with Gasteiger partial charge < -0.3 is 14.0 Å². The van der Waals surface area contributed by atoms with E-state index in [9.17, 15) is 0 Å². The lowest BCUT2D eigenvalue weighted by molar-refractivity contribution is -0.0469. The maximum atomic E-state index is 6.22. The lowest BCUT2D eigenvalue weighted by Gasteiger charge is -2.34. The molecule has 0 radical (unpaired) electrons. The second kappa shape index (κ2) is 5.82. The van der Waals surface area contributed by atoms with Gasteiger partial charge in [0.2, 0.25) is 0 Å². The van der Waals surface area contributed by atoms with Gasteiger partial charge in [0.1, 0.15) is 0 Å². The van der Waals surface area contributed by atoms with E-state index in [1.54, 1.807) is 0 Å². The molecule has 3 atom stereocenters. The molecule has 20 heavy (non-hydrogen) atoms. The summed E-state index contributed by atoms with van der Waals surface area (Å²) in [5.74, 6) is 0.233. The molecule has 114 valence electrons. The molecule has 1 unspecified atom stereocenters. The Kier molecular flexibility index (Phi) is 4.67. The van der Waals surface area contributed by atoms with Gasteiger partial charge in [-0.1, -0.05) is 6.08 Å². The molecular formula is C16H29BO3. The lowest BCUT2D eigenvalue weighted by atomic mass is 9.65. The molecule has 0 N–H and O–H groups in total. The Morgan fingerprint density at radius 2 is 1.80 bits per heavy atom. The Labute approximate surface area is 124 Å². The minimum absolute atomic E-state index is 0.201. The van der Waals surface area contributed by atoms with Gasteiger partial charge in [-0.2, -0.15) is 0 Å². The first-order valence-electron chi connectivity index (χ1n) is 7.89. The van der Waals surface area contributed by atoms with E-state index < -0.39 is 0 Å². The summed E-state index contributed by atoms with van der Waals surface area (Å²) < 4.78 is 18.6. The Hall–Kier alpha value is -0.315. The number of hydrogen-bond acceptors (Lipinski definition) is 3. The van der Waals surface area contributed by atoms with Crippen LogP contribution in [0, 0.1) is 0 Å². The van der Waals surface area contributed by atoms with Crippen LogP contribution in [-0.4, -0.2) is 30.5 Å². The molecule has 3 nitrogen and oxygen atoms in total. The van der Waals surface area contributed by atoms with Crippen LogP contribution in [0.1, 0.15) is 60.3 Å². The first-order valence-corrected chi connectivity index (χ1v) is 7.89. The molecule has 0 aromatic carbocycles. The van der Waals surface area contributed by atoms with Crippen molar-refractivity contribution in [3.8, 4) is 0 Å². The minimum atomic E-state index is -0.280. The highest BCUT2D eigenvalue weighted by Crippen LogP contribution is 2.43. The highest BCUT2D eigenvalue weighted by Gasteiger charge is 2.55. The van der Waals surface area contributed by atoms with Crippen LogP contribution >= 0.6 is 0 Å². The molecule has 0 bridgehead atoms. The highest BCUT2D eigenvalue weighted by atomic mass is 16.7. The van der Waals surface area contributed by atoms with Crippen LogP contribution in [0.3, 0.4) is 0 Å². The fraction of sp³-hybridized carbons (Fsp3) is 0.875. The molecule has 0 aromatic heterocycles. The Morgan fingerprint density at radius 1 is 1.20 bits per heavy atom. The summed E-state index contributed by atoms with van der Waals surface area (Å²) in [4.78, 5) is 0. The molecule has 4 heteroatoms. The largest absolute Gasteiger partial charge is 0.464 e. The molecule has 2 aliphatic heterocycles. The summed E-state index contributed by atoms with van der Waals surface area (Å²) in [7, 11) is -0.201. The zero-order valence-corrected chi connectivity index (χ0v) is 13.6. The monoisotopic (exact) mass is 280 g/mol. The molecule has 2 fully saturated rings. The van der Waals surface area contributed by atoms with Crippen molar-refractivity contribution in [1.82, 2.24) is 0 Å². The van der Waals surface area contributed by atoms with Crippen LogP contribution in [0.25, 0.3) is 0 Å². The standard InChI is InChI=1S/C16H29BO3/c1-7-9-13(14-11-8-10-12(2)18-14)17-19-15(3,4)16(5,6)20-17/h7,12-14H,1,8-11H2,2-6H3/t12?,13-,14+/m1/s1. The molecular weight excluding hydrogens is 251 g/mol. The van der Waals surface area contributed by atoms with E-state index in [4.69, 9.17) is 14.0 Å². The summed E-state index contributed by atoms with van der Waals surface area (Å²) in [6.45, 7) is 14.4. The van der Waals surface area contributed by atoms with E-state index in [0.29, 0.717) is 6.10 Å². The van der Waals surface area contributed by atoms with Gasteiger partial charge in [-0.25, -0.2) is 0 Å². The smallest absolute Gasteiger partial charge is 0.403 e. The molecule has 0 aliphatic carbocycles. The fourth-order valence-corrected chi connectivity index (χ4v) is 3.05. The van der Waals surface area contributed by atoms with E-state index in [1.807, 2.05) is 6.08 Å². The summed E-state index contributed by atoms with van der Waals surface area (Å²) in [6.07, 6.45) is 6.84. The number of ether oxygens (including phenoxy) is 1. The first-order chi connectivity index (χ1) is 9.27. The zero-order chi connectivity index (χ0) is 15.0. The van der Waals surface area contributed by atoms with Gasteiger partial charge in [-0.3, -0.25) is 0 Å². The second-order valence-corrected chi connectivity index (χ2v) is 7.23.